The summed E-state index contributed by atoms with van der Waals surface area (Å²) in [7, 11) is 0. The Kier molecular flexibility index (Phi) is 3.62. The molecule has 1 aromatic heterocycles. The van der Waals surface area contributed by atoms with Gasteiger partial charge in [-0.1, -0.05) is 6.07 Å². The van der Waals surface area contributed by atoms with Crippen LogP contribution >= 0.6 is 0 Å². The van der Waals surface area contributed by atoms with Crippen LogP contribution in [0.3, 0.4) is 0 Å². The zero-order chi connectivity index (χ0) is 14.7. The first kappa shape index (κ1) is 13.5. The second-order valence-corrected chi connectivity index (χ2v) is 4.11. The Hall–Kier alpha value is -2.94. The van der Waals surface area contributed by atoms with Gasteiger partial charge in [-0.25, -0.2) is 9.18 Å². The number of pyridine rings is 1. The molecule has 0 spiro atoms. The van der Waals surface area contributed by atoms with Crippen LogP contribution in [0.1, 0.15) is 21.5 Å². The Morgan fingerprint density at radius 2 is 2.10 bits per heavy atom. The van der Waals surface area contributed by atoms with E-state index in [9.17, 15) is 14.0 Å². The molecule has 0 amide bonds. The number of benzene rings is 1. The van der Waals surface area contributed by atoms with Gasteiger partial charge in [0.25, 0.3) is 5.56 Å². The molecule has 2 rings (SSSR count). The van der Waals surface area contributed by atoms with Crippen molar-refractivity contribution < 1.29 is 14.3 Å². The molecule has 100 valence electrons. The molecule has 5 nitrogen and oxygen atoms in total. The average Bonchev–Trinajstić information content (AvgIpc) is 2.42. The van der Waals surface area contributed by atoms with Crippen LogP contribution in [-0.4, -0.2) is 15.6 Å². The molecule has 1 heterocycles. The van der Waals surface area contributed by atoms with Crippen LogP contribution in [0.15, 0.2) is 41.3 Å². The molecule has 0 radical (unpaired) electrons. The van der Waals surface area contributed by atoms with Crippen LogP contribution in [0.25, 0.3) is 0 Å². The van der Waals surface area contributed by atoms with Crippen molar-refractivity contribution in [3.05, 3.63) is 69.4 Å². The number of nitriles is 1. The topological polar surface area (TPSA) is 83.1 Å². The fraction of sp³-hybridized carbons (Fsp3) is 0.0714. The van der Waals surface area contributed by atoms with E-state index in [0.29, 0.717) is 5.56 Å². The highest BCUT2D eigenvalue weighted by molar-refractivity contribution is 5.87. The number of rotatable bonds is 3. The minimum Gasteiger partial charge on any atom is -0.478 e. The quantitative estimate of drug-likeness (QED) is 0.920. The molecule has 1 N–H and O–H groups in total. The summed E-state index contributed by atoms with van der Waals surface area (Å²) in [6, 6.07) is 8.01. The highest BCUT2D eigenvalue weighted by atomic mass is 19.1. The summed E-state index contributed by atoms with van der Waals surface area (Å²) >= 11 is 0. The number of carboxylic acids is 1. The van der Waals surface area contributed by atoms with Crippen LogP contribution in [0, 0.1) is 17.1 Å². The van der Waals surface area contributed by atoms with Gasteiger partial charge in [0.05, 0.1) is 17.7 Å². The van der Waals surface area contributed by atoms with Crippen LogP contribution in [0.4, 0.5) is 4.39 Å². The van der Waals surface area contributed by atoms with Crippen LogP contribution < -0.4 is 5.56 Å². The summed E-state index contributed by atoms with van der Waals surface area (Å²) in [4.78, 5) is 22.4. The van der Waals surface area contributed by atoms with E-state index in [2.05, 4.69) is 0 Å². The van der Waals surface area contributed by atoms with Crippen LogP contribution in [0.5, 0.6) is 0 Å². The number of hydrogen-bond acceptors (Lipinski definition) is 3. The van der Waals surface area contributed by atoms with E-state index in [4.69, 9.17) is 10.4 Å². The largest absolute Gasteiger partial charge is 0.478 e. The summed E-state index contributed by atoms with van der Waals surface area (Å²) in [5.41, 5.74) is -0.0957. The van der Waals surface area contributed by atoms with Crippen molar-refractivity contribution >= 4 is 5.97 Å². The van der Waals surface area contributed by atoms with Crippen molar-refractivity contribution in [3.8, 4) is 6.07 Å². The van der Waals surface area contributed by atoms with Crippen molar-refractivity contribution in [1.29, 1.82) is 5.26 Å². The Morgan fingerprint density at radius 3 is 2.70 bits per heavy atom. The smallest absolute Gasteiger partial charge is 0.335 e. The molecule has 1 aromatic carbocycles. The number of aromatic nitrogens is 1. The number of carboxylic acid groups (broad SMARTS) is 1. The molecule has 0 fully saturated rings. The van der Waals surface area contributed by atoms with E-state index in [1.165, 1.54) is 29.0 Å². The average molecular weight is 272 g/mol. The normalized spacial score (nSPS) is 10.0. The van der Waals surface area contributed by atoms with Gasteiger partial charge in [-0.2, -0.15) is 5.26 Å². The van der Waals surface area contributed by atoms with E-state index in [1.807, 2.05) is 0 Å². The van der Waals surface area contributed by atoms with Gasteiger partial charge in [-0.3, -0.25) is 4.79 Å². The molecule has 20 heavy (non-hydrogen) atoms. The Labute approximate surface area is 113 Å². The number of hydrogen-bond donors (Lipinski definition) is 1. The highest BCUT2D eigenvalue weighted by Crippen LogP contribution is 2.10. The summed E-state index contributed by atoms with van der Waals surface area (Å²) in [6.07, 6.45) is 1.35. The molecule has 0 saturated carbocycles. The zero-order valence-electron chi connectivity index (χ0n) is 10.2. The molecular formula is C14H9FN2O3. The Balaban J connectivity index is 2.34. The van der Waals surface area contributed by atoms with Gasteiger partial charge in [-0.05, 0) is 23.8 Å². The Morgan fingerprint density at radius 1 is 1.35 bits per heavy atom. The molecule has 0 aliphatic rings. The second-order valence-electron chi connectivity index (χ2n) is 4.11. The van der Waals surface area contributed by atoms with Crippen molar-refractivity contribution in [2.45, 2.75) is 6.54 Å². The van der Waals surface area contributed by atoms with Gasteiger partial charge in [0.2, 0.25) is 0 Å². The third-order valence-electron chi connectivity index (χ3n) is 2.75. The van der Waals surface area contributed by atoms with Crippen LogP contribution in [0.2, 0.25) is 0 Å². The van der Waals surface area contributed by atoms with Crippen molar-refractivity contribution in [2.24, 2.45) is 0 Å². The predicted molar refractivity (Wildman–Crippen MR) is 67.9 cm³/mol. The number of aromatic carboxylic acids is 1. The molecule has 0 atom stereocenters. The first-order valence-corrected chi connectivity index (χ1v) is 5.63. The van der Waals surface area contributed by atoms with Gasteiger partial charge >= 0.3 is 5.97 Å². The highest BCUT2D eigenvalue weighted by Gasteiger charge is 2.07. The number of halogens is 1. The lowest BCUT2D eigenvalue weighted by molar-refractivity contribution is 0.0696. The molecule has 0 aliphatic carbocycles. The summed E-state index contributed by atoms with van der Waals surface area (Å²) < 4.78 is 14.5. The zero-order valence-corrected chi connectivity index (χ0v) is 10.2. The van der Waals surface area contributed by atoms with Crippen molar-refractivity contribution in [3.63, 3.8) is 0 Å². The lowest BCUT2D eigenvalue weighted by atomic mass is 10.1. The third-order valence-corrected chi connectivity index (χ3v) is 2.75. The maximum Gasteiger partial charge on any atom is 0.335 e. The third kappa shape index (κ3) is 2.72. The summed E-state index contributed by atoms with van der Waals surface area (Å²) in [5, 5.41) is 17.5. The molecule has 0 bridgehead atoms. The van der Waals surface area contributed by atoms with Gasteiger partial charge in [0.1, 0.15) is 11.9 Å². The number of carbonyl (C=O) groups is 1. The summed E-state index contributed by atoms with van der Waals surface area (Å²) in [6.45, 7) is 0.133. The molecule has 0 saturated heterocycles. The van der Waals surface area contributed by atoms with Crippen molar-refractivity contribution in [1.82, 2.24) is 4.57 Å². The lowest BCUT2D eigenvalue weighted by Gasteiger charge is -2.06. The standard InChI is InChI=1S/C14H9FN2O3/c15-12-2-1-9(5-11(12)7-16)8-17-4-3-10(14(19)20)6-13(17)18/h1-6H,8H2,(H,19,20). The second kappa shape index (κ2) is 5.36. The molecular weight excluding hydrogens is 263 g/mol. The minimum absolute atomic E-state index is 0.0944. The lowest BCUT2D eigenvalue weighted by Crippen LogP contribution is -2.20. The monoisotopic (exact) mass is 272 g/mol. The van der Waals surface area contributed by atoms with E-state index < -0.39 is 17.3 Å². The SMILES string of the molecule is N#Cc1cc(Cn2ccc(C(=O)O)cc2=O)ccc1F. The van der Waals surface area contributed by atoms with Gasteiger partial charge in [0, 0.05) is 12.3 Å². The first-order valence-electron chi connectivity index (χ1n) is 5.63. The van der Waals surface area contributed by atoms with E-state index in [1.54, 1.807) is 6.07 Å². The van der Waals surface area contributed by atoms with E-state index in [0.717, 1.165) is 12.1 Å². The predicted octanol–water partition coefficient (Wildman–Crippen LogP) is 1.61. The maximum absolute atomic E-state index is 13.2. The molecule has 0 aliphatic heterocycles. The maximum atomic E-state index is 13.2. The van der Waals surface area contributed by atoms with Crippen molar-refractivity contribution in [2.75, 3.05) is 0 Å². The fourth-order valence-electron chi connectivity index (χ4n) is 1.72. The minimum atomic E-state index is -1.18. The molecule has 2 aromatic rings. The summed E-state index contributed by atoms with van der Waals surface area (Å²) in [5.74, 6) is -1.80. The van der Waals surface area contributed by atoms with Gasteiger partial charge in [0.15, 0.2) is 0 Å². The number of nitrogens with zero attached hydrogens (tertiary/aromatic N) is 2. The molecule has 6 heteroatoms. The van der Waals surface area contributed by atoms with Crippen LogP contribution in [-0.2, 0) is 6.54 Å². The fourth-order valence-corrected chi connectivity index (χ4v) is 1.72. The van der Waals surface area contributed by atoms with Gasteiger partial charge < -0.3 is 9.67 Å². The molecule has 0 unspecified atom stereocenters. The van der Waals surface area contributed by atoms with E-state index in [-0.39, 0.29) is 17.7 Å². The Bertz CT molecular complexity index is 775. The van der Waals surface area contributed by atoms with E-state index >= 15 is 0 Å². The van der Waals surface area contributed by atoms with Gasteiger partial charge in [-0.15, -0.1) is 0 Å². The first-order chi connectivity index (χ1) is 9.51.